The lowest BCUT2D eigenvalue weighted by atomic mass is 10.2. The molecule has 1 atom stereocenters. The molecule has 24 heavy (non-hydrogen) atoms. The molecule has 0 aromatic carbocycles. The number of pyridine rings is 1. The zero-order valence-corrected chi connectivity index (χ0v) is 13.0. The van der Waals surface area contributed by atoms with Crippen molar-refractivity contribution < 1.29 is 26.3 Å². The first-order valence-corrected chi connectivity index (χ1v) is 8.39. The van der Waals surface area contributed by atoms with Crippen LogP contribution in [0.4, 0.5) is 13.2 Å². The number of imidazole rings is 1. The molecule has 1 unspecified atom stereocenters. The molecule has 130 valence electrons. The Kier molecular flexibility index (Phi) is 4.22. The van der Waals surface area contributed by atoms with E-state index < -0.39 is 27.9 Å². The maximum atomic E-state index is 12.7. The molecule has 1 aliphatic rings. The summed E-state index contributed by atoms with van der Waals surface area (Å²) in [5, 5.41) is -0.0413. The molecule has 0 saturated carbocycles. The fourth-order valence-electron chi connectivity index (χ4n) is 2.36. The molecule has 2 aromatic rings. The van der Waals surface area contributed by atoms with Gasteiger partial charge in [-0.3, -0.25) is 0 Å². The molecule has 7 nitrogen and oxygen atoms in total. The number of nitrogens with one attached hydrogen (secondary N) is 1. The molecule has 3 rings (SSSR count). The Morgan fingerprint density at radius 3 is 2.83 bits per heavy atom. The molecule has 0 aliphatic carbocycles. The molecule has 1 fully saturated rings. The molecule has 3 heterocycles. The summed E-state index contributed by atoms with van der Waals surface area (Å²) in [5.74, 6) is -0.185. The van der Waals surface area contributed by atoms with Crippen molar-refractivity contribution in [2.45, 2.75) is 23.7 Å². The van der Waals surface area contributed by atoms with Crippen LogP contribution in [0.5, 0.6) is 5.88 Å². The first-order chi connectivity index (χ1) is 11.3. The second-order valence-electron chi connectivity index (χ2n) is 5.19. The minimum Gasteiger partial charge on any atom is -0.473 e. The van der Waals surface area contributed by atoms with Crippen LogP contribution in [0.15, 0.2) is 35.9 Å². The summed E-state index contributed by atoms with van der Waals surface area (Å²) in [6.07, 6.45) is -1.26. The first-order valence-electron chi connectivity index (χ1n) is 6.95. The molecule has 1 saturated heterocycles. The van der Waals surface area contributed by atoms with E-state index in [0.717, 1.165) is 18.3 Å². The van der Waals surface area contributed by atoms with Gasteiger partial charge in [0.15, 0.2) is 5.03 Å². The highest BCUT2D eigenvalue weighted by molar-refractivity contribution is 7.89. The first kappa shape index (κ1) is 16.7. The average Bonchev–Trinajstić information content (AvgIpc) is 3.18. The molecule has 0 spiro atoms. The molecule has 1 N–H and O–H groups in total. The molecule has 0 radical (unpaired) electrons. The van der Waals surface area contributed by atoms with Gasteiger partial charge in [0, 0.05) is 18.8 Å². The van der Waals surface area contributed by atoms with Gasteiger partial charge in [-0.2, -0.15) is 17.5 Å². The van der Waals surface area contributed by atoms with Gasteiger partial charge in [0.1, 0.15) is 6.10 Å². The van der Waals surface area contributed by atoms with Crippen molar-refractivity contribution in [2.75, 3.05) is 13.1 Å². The van der Waals surface area contributed by atoms with Crippen LogP contribution in [-0.4, -0.2) is 46.9 Å². The maximum Gasteiger partial charge on any atom is 0.416 e. The fourth-order valence-corrected chi connectivity index (χ4v) is 3.74. The second-order valence-corrected chi connectivity index (χ2v) is 7.09. The molecule has 2 aromatic heterocycles. The van der Waals surface area contributed by atoms with Crippen molar-refractivity contribution in [1.82, 2.24) is 19.3 Å². The van der Waals surface area contributed by atoms with Crippen LogP contribution in [0, 0.1) is 0 Å². The van der Waals surface area contributed by atoms with E-state index >= 15 is 0 Å². The second kappa shape index (κ2) is 6.06. The zero-order valence-electron chi connectivity index (χ0n) is 12.2. The smallest absolute Gasteiger partial charge is 0.416 e. The van der Waals surface area contributed by atoms with Gasteiger partial charge in [-0.1, -0.05) is 0 Å². The van der Waals surface area contributed by atoms with Crippen molar-refractivity contribution in [2.24, 2.45) is 0 Å². The quantitative estimate of drug-likeness (QED) is 0.894. The van der Waals surface area contributed by atoms with Crippen LogP contribution in [0.3, 0.4) is 0 Å². The zero-order chi connectivity index (χ0) is 17.4. The lowest BCUT2D eigenvalue weighted by molar-refractivity contribution is -0.137. The molecular weight excluding hydrogens is 349 g/mol. The van der Waals surface area contributed by atoms with Gasteiger partial charge in [0.25, 0.3) is 10.0 Å². The topological polar surface area (TPSA) is 88.2 Å². The number of alkyl halides is 3. The highest BCUT2D eigenvalue weighted by atomic mass is 32.2. The summed E-state index contributed by atoms with van der Waals surface area (Å²) in [5.41, 5.74) is -0.868. The van der Waals surface area contributed by atoms with Crippen LogP contribution < -0.4 is 4.74 Å². The summed E-state index contributed by atoms with van der Waals surface area (Å²) in [6, 6.07) is 1.64. The van der Waals surface area contributed by atoms with Crippen molar-refractivity contribution in [3.63, 3.8) is 0 Å². The van der Waals surface area contributed by atoms with E-state index in [0.29, 0.717) is 6.42 Å². The van der Waals surface area contributed by atoms with Crippen LogP contribution >= 0.6 is 0 Å². The summed E-state index contributed by atoms with van der Waals surface area (Å²) in [7, 11) is -3.72. The van der Waals surface area contributed by atoms with Crippen molar-refractivity contribution in [3.8, 4) is 5.88 Å². The average molecular weight is 362 g/mol. The molecule has 0 amide bonds. The predicted molar refractivity (Wildman–Crippen MR) is 75.6 cm³/mol. The minimum atomic E-state index is -4.49. The summed E-state index contributed by atoms with van der Waals surface area (Å²) in [6.45, 7) is 0.226. The third kappa shape index (κ3) is 3.36. The standard InChI is InChI=1S/C13H13F3N4O3S/c14-13(15,16)9-1-3-18-11(5-9)23-10-2-4-20(7-10)24(21,22)12-6-17-8-19-12/h1,3,5-6,8,10H,2,4,7H2,(H,17,19). The van der Waals surface area contributed by atoms with E-state index in [1.165, 1.54) is 16.8 Å². The Morgan fingerprint density at radius 2 is 2.17 bits per heavy atom. The number of hydrogen-bond donors (Lipinski definition) is 1. The van der Waals surface area contributed by atoms with Gasteiger partial charge in [0.05, 0.1) is 24.6 Å². The van der Waals surface area contributed by atoms with Crippen molar-refractivity contribution >= 4 is 10.0 Å². The third-order valence-electron chi connectivity index (χ3n) is 3.55. The van der Waals surface area contributed by atoms with Gasteiger partial charge in [-0.05, 0) is 12.5 Å². The fraction of sp³-hybridized carbons (Fsp3) is 0.385. The van der Waals surface area contributed by atoms with Crippen LogP contribution in [0.1, 0.15) is 12.0 Å². The number of sulfonamides is 1. The number of aromatic amines is 1. The number of rotatable bonds is 4. The van der Waals surface area contributed by atoms with Gasteiger partial charge >= 0.3 is 6.18 Å². The maximum absolute atomic E-state index is 12.7. The Labute approximate surface area is 135 Å². The van der Waals surface area contributed by atoms with Gasteiger partial charge in [-0.25, -0.2) is 18.4 Å². The number of hydrogen-bond acceptors (Lipinski definition) is 5. The third-order valence-corrected chi connectivity index (χ3v) is 5.34. The largest absolute Gasteiger partial charge is 0.473 e. The minimum absolute atomic E-state index is 0.0271. The van der Waals surface area contributed by atoms with Crippen LogP contribution in [0.2, 0.25) is 0 Å². The SMILES string of the molecule is O=S(=O)(c1cnc[nH]1)N1CCC(Oc2cc(C(F)(F)F)ccn2)C1. The number of halogens is 3. The van der Waals surface area contributed by atoms with E-state index in [9.17, 15) is 21.6 Å². The molecule has 0 bridgehead atoms. The Hall–Kier alpha value is -2.14. The monoisotopic (exact) mass is 362 g/mol. The van der Waals surface area contributed by atoms with Crippen molar-refractivity contribution in [1.29, 1.82) is 0 Å². The van der Waals surface area contributed by atoms with E-state index in [4.69, 9.17) is 4.74 Å². The number of aromatic nitrogens is 3. The predicted octanol–water partition coefficient (Wildman–Crippen LogP) is 1.67. The summed E-state index contributed by atoms with van der Waals surface area (Å²) >= 11 is 0. The Morgan fingerprint density at radius 1 is 1.38 bits per heavy atom. The van der Waals surface area contributed by atoms with Crippen LogP contribution in [-0.2, 0) is 16.2 Å². The lowest BCUT2D eigenvalue weighted by Gasteiger charge is -2.16. The van der Waals surface area contributed by atoms with E-state index in [1.54, 1.807) is 0 Å². The Bertz CT molecular complexity index is 808. The van der Waals surface area contributed by atoms with E-state index in [1.807, 2.05) is 0 Å². The highest BCUT2D eigenvalue weighted by Gasteiger charge is 2.35. The van der Waals surface area contributed by atoms with Gasteiger partial charge in [-0.15, -0.1) is 0 Å². The number of H-pyrrole nitrogens is 1. The highest BCUT2D eigenvalue weighted by Crippen LogP contribution is 2.31. The van der Waals surface area contributed by atoms with E-state index in [2.05, 4.69) is 15.0 Å². The van der Waals surface area contributed by atoms with E-state index in [-0.39, 0.29) is 24.0 Å². The number of nitrogens with zero attached hydrogens (tertiary/aromatic N) is 3. The molecule has 11 heteroatoms. The van der Waals surface area contributed by atoms with Gasteiger partial charge in [0.2, 0.25) is 5.88 Å². The molecule has 1 aliphatic heterocycles. The summed E-state index contributed by atoms with van der Waals surface area (Å²) < 4.78 is 69.3. The summed E-state index contributed by atoms with van der Waals surface area (Å²) in [4.78, 5) is 9.94. The van der Waals surface area contributed by atoms with Crippen LogP contribution in [0.25, 0.3) is 0 Å². The van der Waals surface area contributed by atoms with Gasteiger partial charge < -0.3 is 9.72 Å². The Balaban J connectivity index is 1.69. The lowest BCUT2D eigenvalue weighted by Crippen LogP contribution is -2.31. The number of ether oxygens (including phenoxy) is 1. The molecular formula is C13H13F3N4O3S. The van der Waals surface area contributed by atoms with Crippen molar-refractivity contribution in [3.05, 3.63) is 36.4 Å². The normalized spacial score (nSPS) is 19.5.